The van der Waals surface area contributed by atoms with E-state index < -0.39 is 0 Å². The zero-order chi connectivity index (χ0) is 10.1. The number of phenolic OH excluding ortho intramolecular Hbond substituents is 1. The summed E-state index contributed by atoms with van der Waals surface area (Å²) < 4.78 is 0.732. The van der Waals surface area contributed by atoms with Crippen molar-refractivity contribution < 1.29 is 9.90 Å². The fraction of sp³-hybridized carbons (Fsp3) is 0. The van der Waals surface area contributed by atoms with E-state index in [-0.39, 0.29) is 5.75 Å². The van der Waals surface area contributed by atoms with Crippen LogP contribution in [0.25, 0.3) is 10.8 Å². The van der Waals surface area contributed by atoms with E-state index in [0.29, 0.717) is 5.56 Å². The average Bonchev–Trinajstić information content (AvgIpc) is 2.16. The summed E-state index contributed by atoms with van der Waals surface area (Å²) in [5.41, 5.74) is 0.620. The normalized spacial score (nSPS) is 10.4. The SMILES string of the molecule is O=Cc1cccc2cc(O)cc(Br)c12. The van der Waals surface area contributed by atoms with Crippen LogP contribution < -0.4 is 0 Å². The number of halogens is 1. The van der Waals surface area contributed by atoms with Gasteiger partial charge < -0.3 is 5.11 Å². The molecule has 0 bridgehead atoms. The molecule has 0 spiro atoms. The number of aromatic hydroxyl groups is 1. The van der Waals surface area contributed by atoms with Gasteiger partial charge in [-0.1, -0.05) is 18.2 Å². The van der Waals surface area contributed by atoms with Crippen molar-refractivity contribution in [3.05, 3.63) is 40.4 Å². The van der Waals surface area contributed by atoms with Gasteiger partial charge in [0.15, 0.2) is 6.29 Å². The molecule has 2 aromatic rings. The molecule has 2 aromatic carbocycles. The lowest BCUT2D eigenvalue weighted by atomic mass is 10.1. The number of fused-ring (bicyclic) bond motifs is 1. The quantitative estimate of drug-likeness (QED) is 0.790. The van der Waals surface area contributed by atoms with Crippen molar-refractivity contribution in [3.63, 3.8) is 0 Å². The molecule has 0 aromatic heterocycles. The molecule has 14 heavy (non-hydrogen) atoms. The second-order valence-corrected chi connectivity index (χ2v) is 3.85. The molecule has 0 saturated carbocycles. The average molecular weight is 251 g/mol. The van der Waals surface area contributed by atoms with Crippen LogP contribution in [0, 0.1) is 0 Å². The molecule has 0 aliphatic carbocycles. The summed E-state index contributed by atoms with van der Waals surface area (Å²) in [5, 5.41) is 11.0. The molecule has 3 heteroatoms. The maximum absolute atomic E-state index is 10.8. The second kappa shape index (κ2) is 3.42. The van der Waals surface area contributed by atoms with Crippen LogP contribution in [0.2, 0.25) is 0 Å². The topological polar surface area (TPSA) is 37.3 Å². The third-order valence-corrected chi connectivity index (χ3v) is 2.70. The Balaban J connectivity index is 2.93. The van der Waals surface area contributed by atoms with Gasteiger partial charge in [-0.3, -0.25) is 4.79 Å². The summed E-state index contributed by atoms with van der Waals surface area (Å²) in [4.78, 5) is 10.8. The number of hydrogen-bond donors (Lipinski definition) is 1. The molecular weight excluding hydrogens is 244 g/mol. The molecule has 0 heterocycles. The van der Waals surface area contributed by atoms with E-state index in [1.54, 1.807) is 24.3 Å². The van der Waals surface area contributed by atoms with Crippen molar-refractivity contribution in [2.24, 2.45) is 0 Å². The van der Waals surface area contributed by atoms with Crippen molar-refractivity contribution >= 4 is 33.0 Å². The van der Waals surface area contributed by atoms with Crippen LogP contribution in [-0.2, 0) is 0 Å². The van der Waals surface area contributed by atoms with Crippen molar-refractivity contribution in [2.45, 2.75) is 0 Å². The molecule has 0 atom stereocenters. The summed E-state index contributed by atoms with van der Waals surface area (Å²) in [5.74, 6) is 0.187. The van der Waals surface area contributed by atoms with Crippen LogP contribution in [0.1, 0.15) is 10.4 Å². The molecule has 0 radical (unpaired) electrons. The van der Waals surface area contributed by atoms with Crippen LogP contribution in [0.15, 0.2) is 34.8 Å². The highest BCUT2D eigenvalue weighted by Crippen LogP contribution is 2.30. The van der Waals surface area contributed by atoms with Gasteiger partial charge in [0.2, 0.25) is 0 Å². The van der Waals surface area contributed by atoms with E-state index in [0.717, 1.165) is 21.5 Å². The van der Waals surface area contributed by atoms with Gasteiger partial charge in [0.25, 0.3) is 0 Å². The van der Waals surface area contributed by atoms with Crippen LogP contribution in [0.3, 0.4) is 0 Å². The number of phenols is 1. The minimum atomic E-state index is 0.187. The van der Waals surface area contributed by atoms with E-state index >= 15 is 0 Å². The minimum absolute atomic E-state index is 0.187. The first kappa shape index (κ1) is 9.21. The Labute approximate surface area is 89.3 Å². The van der Waals surface area contributed by atoms with E-state index in [1.165, 1.54) is 0 Å². The number of hydrogen-bond acceptors (Lipinski definition) is 2. The number of aldehydes is 1. The predicted octanol–water partition coefficient (Wildman–Crippen LogP) is 3.12. The van der Waals surface area contributed by atoms with E-state index in [9.17, 15) is 9.90 Å². The fourth-order valence-electron chi connectivity index (χ4n) is 1.49. The fourth-order valence-corrected chi connectivity index (χ4v) is 2.18. The maximum Gasteiger partial charge on any atom is 0.150 e. The van der Waals surface area contributed by atoms with Gasteiger partial charge in [0.05, 0.1) is 0 Å². The third kappa shape index (κ3) is 1.40. The molecule has 0 unspecified atom stereocenters. The van der Waals surface area contributed by atoms with Crippen molar-refractivity contribution in [2.75, 3.05) is 0 Å². The van der Waals surface area contributed by atoms with E-state index in [4.69, 9.17) is 0 Å². The lowest BCUT2D eigenvalue weighted by Crippen LogP contribution is -1.84. The summed E-state index contributed by atoms with van der Waals surface area (Å²) >= 11 is 3.32. The molecule has 70 valence electrons. The Bertz CT molecular complexity index is 506. The zero-order valence-electron chi connectivity index (χ0n) is 7.20. The smallest absolute Gasteiger partial charge is 0.150 e. The highest BCUT2D eigenvalue weighted by Gasteiger charge is 2.05. The number of carbonyl (C=O) groups is 1. The lowest BCUT2D eigenvalue weighted by Gasteiger charge is -2.04. The standard InChI is InChI=1S/C11H7BrO2/c12-10-5-9(14)4-7-2-1-3-8(6-13)11(7)10/h1-6,14H. The number of rotatable bonds is 1. The van der Waals surface area contributed by atoms with Crippen LogP contribution >= 0.6 is 15.9 Å². The number of benzene rings is 2. The molecule has 0 aliphatic rings. The lowest BCUT2D eigenvalue weighted by molar-refractivity contribution is 0.112. The Kier molecular flexibility index (Phi) is 2.25. The van der Waals surface area contributed by atoms with Crippen molar-refractivity contribution in [3.8, 4) is 5.75 Å². The summed E-state index contributed by atoms with van der Waals surface area (Å²) in [6, 6.07) is 8.60. The van der Waals surface area contributed by atoms with E-state index in [1.807, 2.05) is 6.07 Å². The number of carbonyl (C=O) groups excluding carboxylic acids is 1. The molecule has 1 N–H and O–H groups in total. The molecule has 2 rings (SSSR count). The largest absolute Gasteiger partial charge is 0.508 e. The molecular formula is C11H7BrO2. The minimum Gasteiger partial charge on any atom is -0.508 e. The first-order valence-corrected chi connectivity index (χ1v) is 4.88. The maximum atomic E-state index is 10.8. The summed E-state index contributed by atoms with van der Waals surface area (Å²) in [6.07, 6.45) is 0.810. The van der Waals surface area contributed by atoms with Gasteiger partial charge in [-0.05, 0) is 33.4 Å². The summed E-state index contributed by atoms with van der Waals surface area (Å²) in [6.45, 7) is 0. The highest BCUT2D eigenvalue weighted by atomic mass is 79.9. The Morgan fingerprint density at radius 3 is 2.79 bits per heavy atom. The van der Waals surface area contributed by atoms with Crippen LogP contribution in [0.5, 0.6) is 5.75 Å². The summed E-state index contributed by atoms with van der Waals surface area (Å²) in [7, 11) is 0. The van der Waals surface area contributed by atoms with Crippen LogP contribution in [-0.4, -0.2) is 11.4 Å². The molecule has 0 saturated heterocycles. The third-order valence-electron chi connectivity index (χ3n) is 2.07. The van der Waals surface area contributed by atoms with Crippen molar-refractivity contribution in [1.29, 1.82) is 0 Å². The Morgan fingerprint density at radius 1 is 1.29 bits per heavy atom. The monoisotopic (exact) mass is 250 g/mol. The molecule has 0 amide bonds. The van der Waals surface area contributed by atoms with E-state index in [2.05, 4.69) is 15.9 Å². The zero-order valence-corrected chi connectivity index (χ0v) is 8.78. The highest BCUT2D eigenvalue weighted by molar-refractivity contribution is 9.10. The first-order valence-electron chi connectivity index (χ1n) is 4.09. The predicted molar refractivity (Wildman–Crippen MR) is 58.7 cm³/mol. The van der Waals surface area contributed by atoms with Gasteiger partial charge in [0.1, 0.15) is 5.75 Å². The molecule has 0 aliphatic heterocycles. The van der Waals surface area contributed by atoms with Gasteiger partial charge in [-0.25, -0.2) is 0 Å². The van der Waals surface area contributed by atoms with Crippen molar-refractivity contribution in [1.82, 2.24) is 0 Å². The van der Waals surface area contributed by atoms with Crippen LogP contribution in [0.4, 0.5) is 0 Å². The Morgan fingerprint density at radius 2 is 2.07 bits per heavy atom. The first-order chi connectivity index (χ1) is 6.72. The van der Waals surface area contributed by atoms with Gasteiger partial charge in [0, 0.05) is 15.4 Å². The van der Waals surface area contributed by atoms with Gasteiger partial charge in [-0.2, -0.15) is 0 Å². The second-order valence-electron chi connectivity index (χ2n) is 2.99. The molecule has 0 fully saturated rings. The Hall–Kier alpha value is -1.35. The van der Waals surface area contributed by atoms with Gasteiger partial charge >= 0.3 is 0 Å². The van der Waals surface area contributed by atoms with Gasteiger partial charge in [-0.15, -0.1) is 0 Å². The molecule has 2 nitrogen and oxygen atoms in total.